The van der Waals surface area contributed by atoms with Gasteiger partial charge in [-0.05, 0) is 122 Å². The molecule has 15 heteroatoms. The second-order valence-electron chi connectivity index (χ2n) is 17.1. The van der Waals surface area contributed by atoms with Gasteiger partial charge in [0.25, 0.3) is 0 Å². The van der Waals surface area contributed by atoms with E-state index in [-0.39, 0.29) is 42.1 Å². The summed E-state index contributed by atoms with van der Waals surface area (Å²) in [7, 11) is 0. The molecule has 6 aromatic rings. The van der Waals surface area contributed by atoms with Crippen LogP contribution in [0.15, 0.2) is 84.9 Å². The number of amides is 2. The van der Waals surface area contributed by atoms with Crippen LogP contribution in [0.1, 0.15) is 49.9 Å². The van der Waals surface area contributed by atoms with Gasteiger partial charge in [0.05, 0.1) is 20.2 Å². The van der Waals surface area contributed by atoms with Crippen molar-refractivity contribution in [1.82, 2.24) is 18.5 Å². The van der Waals surface area contributed by atoms with E-state index in [4.69, 9.17) is 8.75 Å². The lowest BCUT2D eigenvalue weighted by Crippen LogP contribution is -2.47. The Hall–Kier alpha value is -4.34. The molecule has 4 aliphatic heterocycles. The first kappa shape index (κ1) is 46.2. The molecule has 0 radical (unpaired) electrons. The SMILES string of the molecule is CC1(C)C(=O)Nc2ccc(CCN3CCN(c4nsc5ccccc45)CC3)cc21.CC1(C)C(=O)Nc2ccc(CCN3CCN(c4nsc5ccccc45)CC3)cc21.Cl.Cl.O. The van der Waals surface area contributed by atoms with Gasteiger partial charge in [-0.2, -0.15) is 8.75 Å². The van der Waals surface area contributed by atoms with E-state index in [1.165, 1.54) is 31.3 Å². The number of nitrogens with one attached hydrogen (secondary N) is 2. The zero-order valence-corrected chi connectivity index (χ0v) is 38.5. The largest absolute Gasteiger partial charge is 0.412 e. The van der Waals surface area contributed by atoms with Crippen LogP contribution in [0.2, 0.25) is 0 Å². The van der Waals surface area contributed by atoms with Crippen molar-refractivity contribution in [2.75, 3.05) is 85.9 Å². The van der Waals surface area contributed by atoms with Crippen molar-refractivity contribution in [2.45, 2.75) is 51.4 Å². The van der Waals surface area contributed by atoms with Crippen LogP contribution in [-0.4, -0.2) is 101 Å². The maximum Gasteiger partial charge on any atom is 0.234 e. The minimum Gasteiger partial charge on any atom is -0.412 e. The summed E-state index contributed by atoms with van der Waals surface area (Å²) in [4.78, 5) is 34.2. The third-order valence-electron chi connectivity index (χ3n) is 12.6. The van der Waals surface area contributed by atoms with Crippen LogP contribution in [0.4, 0.5) is 23.0 Å². The molecular weight excluding hydrogens is 848 g/mol. The van der Waals surface area contributed by atoms with Gasteiger partial charge in [0.2, 0.25) is 11.8 Å². The van der Waals surface area contributed by atoms with Crippen molar-refractivity contribution < 1.29 is 15.1 Å². The number of anilines is 4. The Morgan fingerprint density at radius 2 is 0.934 bits per heavy atom. The Bertz CT molecular complexity index is 2320. The molecule has 11 nitrogen and oxygen atoms in total. The quantitative estimate of drug-likeness (QED) is 0.159. The van der Waals surface area contributed by atoms with Crippen molar-refractivity contribution in [2.24, 2.45) is 0 Å². The number of hydrogen-bond acceptors (Lipinski definition) is 10. The lowest BCUT2D eigenvalue weighted by molar-refractivity contribution is -0.120. The number of piperazine rings is 2. The predicted molar refractivity (Wildman–Crippen MR) is 258 cm³/mol. The highest BCUT2D eigenvalue weighted by molar-refractivity contribution is 7.14. The van der Waals surface area contributed by atoms with Gasteiger partial charge in [0.1, 0.15) is 11.6 Å². The number of hydrogen-bond donors (Lipinski definition) is 2. The predicted octanol–water partition coefficient (Wildman–Crippen LogP) is 7.80. The Morgan fingerprint density at radius 3 is 1.33 bits per heavy atom. The molecule has 0 saturated carbocycles. The van der Waals surface area contributed by atoms with Gasteiger partial charge in [-0.25, -0.2) is 0 Å². The number of nitrogens with zero attached hydrogens (tertiary/aromatic N) is 6. The minimum absolute atomic E-state index is 0. The molecule has 2 aromatic heterocycles. The molecule has 4 aliphatic rings. The van der Waals surface area contributed by atoms with Crippen molar-refractivity contribution in [3.05, 3.63) is 107 Å². The summed E-state index contributed by atoms with van der Waals surface area (Å²) in [5, 5.41) is 8.53. The third-order valence-corrected chi connectivity index (χ3v) is 14.3. The average molecular weight is 904 g/mol. The van der Waals surface area contributed by atoms with E-state index >= 15 is 0 Å². The van der Waals surface area contributed by atoms with Gasteiger partial charge in [0.15, 0.2) is 0 Å². The van der Waals surface area contributed by atoms with Crippen LogP contribution < -0.4 is 20.4 Å². The van der Waals surface area contributed by atoms with E-state index in [2.05, 4.69) is 115 Å². The molecule has 0 atom stereocenters. The van der Waals surface area contributed by atoms with Crippen LogP contribution >= 0.6 is 47.9 Å². The number of fused-ring (bicyclic) bond motifs is 4. The molecule has 10 rings (SSSR count). The molecule has 0 bridgehead atoms. The van der Waals surface area contributed by atoms with E-state index in [9.17, 15) is 9.59 Å². The molecule has 2 fully saturated rings. The number of carbonyl (C=O) groups is 2. The van der Waals surface area contributed by atoms with Crippen molar-refractivity contribution in [3.8, 4) is 0 Å². The minimum atomic E-state index is -0.437. The maximum absolute atomic E-state index is 12.2. The van der Waals surface area contributed by atoms with Gasteiger partial charge in [-0.15, -0.1) is 24.8 Å². The molecule has 2 amide bonds. The van der Waals surface area contributed by atoms with E-state index in [0.29, 0.717) is 0 Å². The van der Waals surface area contributed by atoms with Gasteiger partial charge < -0.3 is 25.9 Å². The fourth-order valence-electron chi connectivity index (χ4n) is 8.69. The van der Waals surface area contributed by atoms with Crippen LogP contribution in [-0.2, 0) is 33.3 Å². The highest BCUT2D eigenvalue weighted by Gasteiger charge is 2.39. The molecule has 61 heavy (non-hydrogen) atoms. The summed E-state index contributed by atoms with van der Waals surface area (Å²) in [6.07, 6.45) is 2.02. The molecule has 0 spiro atoms. The first-order valence-electron chi connectivity index (χ1n) is 20.6. The van der Waals surface area contributed by atoms with Crippen molar-refractivity contribution >= 4 is 103 Å². The Labute approximate surface area is 378 Å². The number of carbonyl (C=O) groups excluding carboxylic acids is 2. The van der Waals surface area contributed by atoms with Crippen LogP contribution in [0, 0.1) is 0 Å². The van der Waals surface area contributed by atoms with Gasteiger partial charge in [0, 0.05) is 87.6 Å². The van der Waals surface area contributed by atoms with Crippen LogP contribution in [0.3, 0.4) is 0 Å². The summed E-state index contributed by atoms with van der Waals surface area (Å²) in [5.74, 6) is 2.47. The topological polar surface area (TPSA) is 128 Å². The summed E-state index contributed by atoms with van der Waals surface area (Å²) in [5.41, 5.74) is 5.92. The van der Waals surface area contributed by atoms with Crippen molar-refractivity contribution in [1.29, 1.82) is 0 Å². The fourth-order valence-corrected chi connectivity index (χ4v) is 10.3. The second-order valence-corrected chi connectivity index (χ2v) is 18.7. The van der Waals surface area contributed by atoms with E-state index in [1.807, 2.05) is 27.7 Å². The lowest BCUT2D eigenvalue weighted by atomic mass is 9.85. The summed E-state index contributed by atoms with van der Waals surface area (Å²) in [6.45, 7) is 18.4. The van der Waals surface area contributed by atoms with Gasteiger partial charge >= 0.3 is 0 Å². The third kappa shape index (κ3) is 9.25. The highest BCUT2D eigenvalue weighted by atomic mass is 35.5. The monoisotopic (exact) mass is 902 g/mol. The Morgan fingerprint density at radius 1 is 0.557 bits per heavy atom. The number of benzene rings is 4. The van der Waals surface area contributed by atoms with E-state index in [1.54, 1.807) is 23.1 Å². The molecule has 0 unspecified atom stereocenters. The molecular formula is C46H56Cl2N8O3S2. The first-order valence-corrected chi connectivity index (χ1v) is 22.1. The lowest BCUT2D eigenvalue weighted by Gasteiger charge is -2.35. The summed E-state index contributed by atoms with van der Waals surface area (Å²) < 4.78 is 11.9. The van der Waals surface area contributed by atoms with Gasteiger partial charge in [-0.3, -0.25) is 19.4 Å². The highest BCUT2D eigenvalue weighted by Crippen LogP contribution is 2.39. The van der Waals surface area contributed by atoms with Crippen LogP contribution in [0.5, 0.6) is 0 Å². The van der Waals surface area contributed by atoms with Gasteiger partial charge in [-0.1, -0.05) is 48.5 Å². The standard InChI is InChI=1S/2C23H26N4OS.2ClH.H2O/c2*1-23(2)18-15-16(7-8-19(18)24-22(23)28)9-10-26-11-13-27(14-12-26)21-17-5-3-4-6-20(17)29-25-21;;;/h2*3-8,15H,9-14H2,1-2H3,(H,24,28);2*1H;1H2. The fraction of sp³-hybridized carbons (Fsp3) is 0.391. The van der Waals surface area contributed by atoms with E-state index in [0.717, 1.165) is 112 Å². The van der Waals surface area contributed by atoms with Crippen molar-refractivity contribution in [3.63, 3.8) is 0 Å². The first-order chi connectivity index (χ1) is 28.0. The molecule has 0 aliphatic carbocycles. The number of halogens is 2. The molecule has 6 heterocycles. The smallest absolute Gasteiger partial charge is 0.234 e. The Balaban J connectivity index is 0.000000194. The molecule has 4 aromatic carbocycles. The number of rotatable bonds is 8. The van der Waals surface area contributed by atoms with E-state index < -0.39 is 10.8 Å². The summed E-state index contributed by atoms with van der Waals surface area (Å²) in [6, 6.07) is 29.8. The maximum atomic E-state index is 12.2. The molecule has 324 valence electrons. The normalized spacial score (nSPS) is 17.9. The zero-order valence-electron chi connectivity index (χ0n) is 35.2. The van der Waals surface area contributed by atoms with Crippen LogP contribution in [0.25, 0.3) is 20.2 Å². The zero-order chi connectivity index (χ0) is 40.0. The average Bonchev–Trinajstić information content (AvgIpc) is 3.98. The molecule has 4 N–H and O–H groups in total. The Kier molecular flexibility index (Phi) is 14.3. The summed E-state index contributed by atoms with van der Waals surface area (Å²) >= 11 is 3.18. The molecule has 2 saturated heterocycles. The number of aromatic nitrogens is 2. The second kappa shape index (κ2) is 19.0.